The number of hydrogen-bond donors (Lipinski definition) is 2. The Hall–Kier alpha value is -2.35. The summed E-state index contributed by atoms with van der Waals surface area (Å²) in [6, 6.07) is 12.6. The maximum absolute atomic E-state index is 13.4. The summed E-state index contributed by atoms with van der Waals surface area (Å²) in [5, 5.41) is 13.1. The van der Waals surface area contributed by atoms with Crippen LogP contribution >= 0.6 is 11.3 Å². The van der Waals surface area contributed by atoms with Gasteiger partial charge in [-0.1, -0.05) is 29.5 Å². The van der Waals surface area contributed by atoms with Gasteiger partial charge in [0, 0.05) is 24.4 Å². The molecule has 1 aliphatic heterocycles. The largest absolute Gasteiger partial charge is 0.395 e. The van der Waals surface area contributed by atoms with Crippen LogP contribution in [0.4, 0.5) is 15.3 Å². The molecule has 3 aromatic rings. The Morgan fingerprint density at radius 1 is 1.18 bits per heavy atom. The van der Waals surface area contributed by atoms with Crippen LogP contribution in [0.25, 0.3) is 10.4 Å². The molecule has 7 heteroatoms. The number of benzene rings is 1. The van der Waals surface area contributed by atoms with E-state index in [1.54, 1.807) is 12.3 Å². The van der Waals surface area contributed by atoms with Gasteiger partial charge in [0.2, 0.25) is 0 Å². The molecule has 0 unspecified atom stereocenters. The van der Waals surface area contributed by atoms with Crippen LogP contribution in [-0.4, -0.2) is 46.2 Å². The smallest absolute Gasteiger partial charge is 0.188 e. The number of piperidine rings is 1. The zero-order chi connectivity index (χ0) is 19.3. The second kappa shape index (κ2) is 8.77. The minimum absolute atomic E-state index is 0.216. The summed E-state index contributed by atoms with van der Waals surface area (Å²) < 4.78 is 13.4. The normalized spacial score (nSPS) is 15.6. The first-order valence-electron chi connectivity index (χ1n) is 9.50. The highest BCUT2D eigenvalue weighted by molar-refractivity contribution is 7.18. The lowest BCUT2D eigenvalue weighted by molar-refractivity contribution is 0.163. The quantitative estimate of drug-likeness (QED) is 0.650. The van der Waals surface area contributed by atoms with Crippen LogP contribution in [-0.2, 0) is 0 Å². The van der Waals surface area contributed by atoms with Crippen LogP contribution in [0, 0.1) is 5.82 Å². The number of nitrogens with zero attached hydrogens (tertiary/aromatic N) is 3. The third kappa shape index (κ3) is 4.55. The molecule has 0 radical (unpaired) electrons. The van der Waals surface area contributed by atoms with Crippen LogP contribution in [0.2, 0.25) is 0 Å². The van der Waals surface area contributed by atoms with Gasteiger partial charge in [-0.25, -0.2) is 14.4 Å². The number of aliphatic hydroxyl groups excluding tert-OH is 1. The molecule has 4 rings (SSSR count). The van der Waals surface area contributed by atoms with Crippen molar-refractivity contribution in [2.24, 2.45) is 0 Å². The number of pyridine rings is 1. The Morgan fingerprint density at radius 2 is 2.00 bits per heavy atom. The maximum Gasteiger partial charge on any atom is 0.188 e. The molecule has 1 fully saturated rings. The number of β-amino-alcohol motifs (C(OH)–C–C–N with tert-alkyl or cyclic N) is 1. The zero-order valence-corrected chi connectivity index (χ0v) is 16.3. The molecular weight excluding hydrogens is 375 g/mol. The van der Waals surface area contributed by atoms with Crippen molar-refractivity contribution in [2.45, 2.75) is 18.8 Å². The number of rotatable bonds is 6. The lowest BCUT2D eigenvalue weighted by Crippen LogP contribution is -2.35. The molecule has 28 heavy (non-hydrogen) atoms. The van der Waals surface area contributed by atoms with Crippen molar-refractivity contribution in [3.63, 3.8) is 0 Å². The minimum atomic E-state index is -0.250. The predicted octanol–water partition coefficient (Wildman–Crippen LogP) is 4.26. The summed E-state index contributed by atoms with van der Waals surface area (Å²) in [5.41, 5.74) is 1.91. The first kappa shape index (κ1) is 19.0. The lowest BCUT2D eigenvalue weighted by atomic mass is 9.93. The van der Waals surface area contributed by atoms with Crippen molar-refractivity contribution in [3.05, 3.63) is 60.2 Å². The van der Waals surface area contributed by atoms with Gasteiger partial charge in [0.25, 0.3) is 0 Å². The predicted molar refractivity (Wildman–Crippen MR) is 111 cm³/mol. The summed E-state index contributed by atoms with van der Waals surface area (Å²) in [5.74, 6) is 0.964. The molecule has 0 bridgehead atoms. The average Bonchev–Trinajstić information content (AvgIpc) is 3.18. The Bertz CT molecular complexity index is 924. The fraction of sp³-hybridized carbons (Fsp3) is 0.333. The zero-order valence-electron chi connectivity index (χ0n) is 15.5. The second-order valence-corrected chi connectivity index (χ2v) is 7.98. The Kier molecular flexibility index (Phi) is 5.95. The van der Waals surface area contributed by atoms with Crippen LogP contribution in [0.5, 0.6) is 0 Å². The first-order chi connectivity index (χ1) is 13.7. The number of likely N-dealkylation sites (tertiary alicyclic amines) is 1. The van der Waals surface area contributed by atoms with Gasteiger partial charge in [0.15, 0.2) is 5.13 Å². The third-order valence-corrected chi connectivity index (χ3v) is 6.00. The number of anilines is 2. The summed E-state index contributed by atoms with van der Waals surface area (Å²) in [4.78, 5) is 12.4. The number of halogens is 1. The molecule has 1 saturated heterocycles. The number of aliphatic hydroxyl groups is 1. The van der Waals surface area contributed by atoms with Gasteiger partial charge in [-0.15, -0.1) is 0 Å². The van der Waals surface area contributed by atoms with E-state index in [2.05, 4.69) is 21.3 Å². The SMILES string of the molecule is OCCN1CCC(c2cccc(Nc3ncc(-c4cccc(F)c4)s3)n2)CC1. The van der Waals surface area contributed by atoms with Crippen molar-refractivity contribution in [2.75, 3.05) is 31.6 Å². The van der Waals surface area contributed by atoms with Gasteiger partial charge in [-0.2, -0.15) is 0 Å². The Morgan fingerprint density at radius 3 is 2.79 bits per heavy atom. The van der Waals surface area contributed by atoms with Gasteiger partial charge in [-0.3, -0.25) is 0 Å². The van der Waals surface area contributed by atoms with E-state index < -0.39 is 0 Å². The lowest BCUT2D eigenvalue weighted by Gasteiger charge is -2.31. The van der Waals surface area contributed by atoms with Crippen molar-refractivity contribution in [1.29, 1.82) is 0 Å². The Labute approximate surface area is 167 Å². The standard InChI is InChI=1S/C21H23FN4OS/c22-17-4-1-3-16(13-17)19-14-23-21(28-19)25-20-6-2-5-18(24-20)15-7-9-26(10-8-15)11-12-27/h1-6,13-15,27H,7-12H2,(H,23,24,25). The molecule has 146 valence electrons. The highest BCUT2D eigenvalue weighted by Crippen LogP contribution is 2.32. The fourth-order valence-corrected chi connectivity index (χ4v) is 4.38. The fourth-order valence-electron chi connectivity index (χ4n) is 3.56. The molecule has 0 aliphatic carbocycles. The van der Waals surface area contributed by atoms with Crippen LogP contribution in [0.1, 0.15) is 24.5 Å². The van der Waals surface area contributed by atoms with Crippen LogP contribution in [0.15, 0.2) is 48.7 Å². The number of aromatic nitrogens is 2. The summed E-state index contributed by atoms with van der Waals surface area (Å²) in [6.45, 7) is 2.95. The number of hydrogen-bond acceptors (Lipinski definition) is 6. The monoisotopic (exact) mass is 398 g/mol. The van der Waals surface area contributed by atoms with Gasteiger partial charge >= 0.3 is 0 Å². The van der Waals surface area contributed by atoms with E-state index in [9.17, 15) is 4.39 Å². The van der Waals surface area contributed by atoms with Crippen molar-refractivity contribution >= 4 is 22.3 Å². The summed E-state index contributed by atoms with van der Waals surface area (Å²) in [7, 11) is 0. The molecule has 5 nitrogen and oxygen atoms in total. The molecule has 0 atom stereocenters. The van der Waals surface area contributed by atoms with E-state index in [0.29, 0.717) is 5.92 Å². The van der Waals surface area contributed by atoms with Crippen LogP contribution < -0.4 is 5.32 Å². The van der Waals surface area contributed by atoms with E-state index in [0.717, 1.165) is 59.6 Å². The molecule has 2 N–H and O–H groups in total. The van der Waals surface area contributed by atoms with E-state index in [-0.39, 0.29) is 12.4 Å². The van der Waals surface area contributed by atoms with Crippen molar-refractivity contribution < 1.29 is 9.50 Å². The highest BCUT2D eigenvalue weighted by Gasteiger charge is 2.21. The van der Waals surface area contributed by atoms with Crippen LogP contribution in [0.3, 0.4) is 0 Å². The van der Waals surface area contributed by atoms with Gasteiger partial charge in [-0.05, 0) is 55.8 Å². The Balaban J connectivity index is 1.43. The third-order valence-electron chi connectivity index (χ3n) is 5.04. The first-order valence-corrected chi connectivity index (χ1v) is 10.3. The van der Waals surface area contributed by atoms with Crippen molar-refractivity contribution in [1.82, 2.24) is 14.9 Å². The van der Waals surface area contributed by atoms with Gasteiger partial charge < -0.3 is 15.3 Å². The van der Waals surface area contributed by atoms with E-state index in [1.807, 2.05) is 18.2 Å². The molecule has 0 saturated carbocycles. The van der Waals surface area contributed by atoms with Crippen molar-refractivity contribution in [3.8, 4) is 10.4 Å². The molecule has 0 spiro atoms. The molecule has 0 amide bonds. The van der Waals surface area contributed by atoms with Gasteiger partial charge in [0.1, 0.15) is 11.6 Å². The number of thiazole rings is 1. The minimum Gasteiger partial charge on any atom is -0.395 e. The summed E-state index contributed by atoms with van der Waals surface area (Å²) in [6.07, 6.45) is 3.86. The molecular formula is C21H23FN4OS. The molecule has 1 aliphatic rings. The van der Waals surface area contributed by atoms with E-state index in [4.69, 9.17) is 10.1 Å². The maximum atomic E-state index is 13.4. The summed E-state index contributed by atoms with van der Waals surface area (Å²) >= 11 is 1.48. The molecule has 1 aromatic carbocycles. The molecule has 2 aromatic heterocycles. The average molecular weight is 399 g/mol. The highest BCUT2D eigenvalue weighted by atomic mass is 32.1. The topological polar surface area (TPSA) is 61.3 Å². The van der Waals surface area contributed by atoms with E-state index in [1.165, 1.54) is 23.5 Å². The molecule has 3 heterocycles. The van der Waals surface area contributed by atoms with Gasteiger partial charge in [0.05, 0.1) is 11.5 Å². The second-order valence-electron chi connectivity index (χ2n) is 6.95. The number of nitrogens with one attached hydrogen (secondary N) is 1. The van der Waals surface area contributed by atoms with E-state index >= 15 is 0 Å².